The Morgan fingerprint density at radius 3 is 2.00 bits per heavy atom. The molecule has 0 bridgehead atoms. The van der Waals surface area contributed by atoms with Crippen LogP contribution in [0.5, 0.6) is 0 Å². The Balaban J connectivity index is 0.000000317. The van der Waals surface area contributed by atoms with Crippen molar-refractivity contribution in [1.29, 1.82) is 0 Å². The maximum atomic E-state index is 8.36. The number of nitrogens with two attached hydrogens (primary N) is 1. The molecule has 0 saturated heterocycles. The molecule has 2 rings (SSSR count). The first-order chi connectivity index (χ1) is 8.11. The van der Waals surface area contributed by atoms with Gasteiger partial charge in [-0.3, -0.25) is 0 Å². The summed E-state index contributed by atoms with van der Waals surface area (Å²) in [5.74, 6) is 0. The van der Waals surface area contributed by atoms with Crippen LogP contribution in [0.15, 0.2) is 54.6 Å². The van der Waals surface area contributed by atoms with Gasteiger partial charge in [0.05, 0.1) is 0 Å². The van der Waals surface area contributed by atoms with Crippen LogP contribution in [0.1, 0.15) is 0 Å². The first kappa shape index (κ1) is 12.5. The summed E-state index contributed by atoms with van der Waals surface area (Å²) in [6.45, 7) is 0. The minimum Gasteiger partial charge on any atom is -0.398 e. The lowest BCUT2D eigenvalue weighted by Gasteiger charge is -2.03. The van der Waals surface area contributed by atoms with Gasteiger partial charge in [0.25, 0.3) is 5.09 Å². The molecular formula is C12H12N2O3. The zero-order valence-corrected chi connectivity index (χ0v) is 8.98. The van der Waals surface area contributed by atoms with Gasteiger partial charge in [0, 0.05) is 11.3 Å². The molecule has 0 unspecified atom stereocenters. The second kappa shape index (κ2) is 6.12. The molecule has 0 amide bonds. The molecule has 0 saturated carbocycles. The highest BCUT2D eigenvalue weighted by Gasteiger charge is 1.98. The van der Waals surface area contributed by atoms with Gasteiger partial charge in [-0.25, -0.2) is 0 Å². The topological polar surface area (TPSA) is 89.4 Å². The van der Waals surface area contributed by atoms with Crippen LogP contribution in [-0.4, -0.2) is 10.3 Å². The molecule has 3 N–H and O–H groups in total. The van der Waals surface area contributed by atoms with Crippen molar-refractivity contribution in [2.75, 3.05) is 5.73 Å². The van der Waals surface area contributed by atoms with Crippen LogP contribution in [-0.2, 0) is 0 Å². The molecule has 5 nitrogen and oxygen atoms in total. The third-order valence-electron chi connectivity index (χ3n) is 2.05. The van der Waals surface area contributed by atoms with Crippen LogP contribution in [0.4, 0.5) is 5.69 Å². The number of nitrogen functional groups attached to an aromatic ring is 1. The normalized spacial score (nSPS) is 8.94. The number of nitrogens with zero attached hydrogens (tertiary/aromatic N) is 1. The summed E-state index contributed by atoms with van der Waals surface area (Å²) in [6.07, 6.45) is 0. The third kappa shape index (κ3) is 4.21. The van der Waals surface area contributed by atoms with Gasteiger partial charge >= 0.3 is 0 Å². The third-order valence-corrected chi connectivity index (χ3v) is 2.05. The monoisotopic (exact) mass is 232 g/mol. The number of benzene rings is 2. The van der Waals surface area contributed by atoms with Gasteiger partial charge in [0.1, 0.15) is 0 Å². The van der Waals surface area contributed by atoms with Crippen LogP contribution in [0.2, 0.25) is 0 Å². The highest BCUT2D eigenvalue weighted by atomic mass is 16.9. The molecule has 0 spiro atoms. The molecule has 0 fully saturated rings. The molecule has 17 heavy (non-hydrogen) atoms. The Labute approximate surface area is 98.2 Å². The van der Waals surface area contributed by atoms with Crippen molar-refractivity contribution in [2.45, 2.75) is 0 Å². The molecule has 0 aromatic heterocycles. The summed E-state index contributed by atoms with van der Waals surface area (Å²) in [5, 5.41) is 13.6. The Morgan fingerprint density at radius 1 is 1.00 bits per heavy atom. The smallest absolute Gasteiger partial charge is 0.291 e. The maximum absolute atomic E-state index is 8.36. The van der Waals surface area contributed by atoms with E-state index in [-0.39, 0.29) is 0 Å². The van der Waals surface area contributed by atoms with Crippen LogP contribution in [0.3, 0.4) is 0 Å². The largest absolute Gasteiger partial charge is 0.398 e. The van der Waals surface area contributed by atoms with Gasteiger partial charge < -0.3 is 10.9 Å². The first-order valence-electron chi connectivity index (χ1n) is 4.84. The van der Waals surface area contributed by atoms with E-state index in [1.807, 2.05) is 42.5 Å². The van der Waals surface area contributed by atoms with E-state index in [1.165, 1.54) is 5.56 Å². The first-order valence-corrected chi connectivity index (χ1v) is 4.84. The fraction of sp³-hybridized carbons (Fsp3) is 0. The Hall–Kier alpha value is -2.56. The number of anilines is 1. The van der Waals surface area contributed by atoms with E-state index in [0.717, 1.165) is 11.3 Å². The fourth-order valence-corrected chi connectivity index (χ4v) is 1.38. The predicted octanol–water partition coefficient (Wildman–Crippen LogP) is 2.59. The lowest BCUT2D eigenvalue weighted by Crippen LogP contribution is -1.88. The maximum Gasteiger partial charge on any atom is 0.291 e. The van der Waals surface area contributed by atoms with Gasteiger partial charge in [-0.15, -0.1) is 10.1 Å². The van der Waals surface area contributed by atoms with Crippen molar-refractivity contribution < 1.29 is 10.3 Å². The van der Waals surface area contributed by atoms with E-state index >= 15 is 0 Å². The summed E-state index contributed by atoms with van der Waals surface area (Å²) in [5.41, 5.74) is 8.95. The summed E-state index contributed by atoms with van der Waals surface area (Å²) >= 11 is 0. The van der Waals surface area contributed by atoms with Gasteiger partial charge in [0.2, 0.25) is 0 Å². The van der Waals surface area contributed by atoms with E-state index in [9.17, 15) is 0 Å². The van der Waals surface area contributed by atoms with Crippen molar-refractivity contribution in [3.8, 4) is 11.1 Å². The molecule has 0 aliphatic heterocycles. The van der Waals surface area contributed by atoms with Crippen molar-refractivity contribution in [3.05, 3.63) is 64.7 Å². The van der Waals surface area contributed by atoms with Gasteiger partial charge in [-0.05, 0) is 11.6 Å². The van der Waals surface area contributed by atoms with E-state index in [2.05, 4.69) is 12.1 Å². The van der Waals surface area contributed by atoms with E-state index in [0.29, 0.717) is 0 Å². The quantitative estimate of drug-likeness (QED) is 0.449. The van der Waals surface area contributed by atoms with Crippen molar-refractivity contribution in [3.63, 3.8) is 0 Å². The number of hydrogen-bond acceptors (Lipinski definition) is 3. The lowest BCUT2D eigenvalue weighted by atomic mass is 10.0. The molecule has 88 valence electrons. The van der Waals surface area contributed by atoms with Crippen LogP contribution >= 0.6 is 0 Å². The highest BCUT2D eigenvalue weighted by molar-refractivity contribution is 5.75. The summed E-state index contributed by atoms with van der Waals surface area (Å²) in [7, 11) is 0. The van der Waals surface area contributed by atoms with Crippen molar-refractivity contribution in [2.24, 2.45) is 0 Å². The fourth-order valence-electron chi connectivity index (χ4n) is 1.38. The van der Waals surface area contributed by atoms with Crippen molar-refractivity contribution in [1.82, 2.24) is 0 Å². The van der Waals surface area contributed by atoms with Gasteiger partial charge in [-0.2, -0.15) is 0 Å². The minimum absolute atomic E-state index is 0.828. The molecule has 0 aliphatic rings. The Bertz CT molecular complexity index is 482. The molecule has 0 aliphatic carbocycles. The molecule has 0 atom stereocenters. The van der Waals surface area contributed by atoms with Crippen LogP contribution < -0.4 is 5.73 Å². The second-order valence-electron chi connectivity index (χ2n) is 3.19. The van der Waals surface area contributed by atoms with Gasteiger partial charge in [-0.1, -0.05) is 48.5 Å². The van der Waals surface area contributed by atoms with E-state index < -0.39 is 5.09 Å². The standard InChI is InChI=1S/C12H11N.HNO3/c13-12-9-5-4-8-11(12)10-6-2-1-3-7-10;2-1(3)4/h1-9H,13H2;(H,2,3,4). The summed E-state index contributed by atoms with van der Waals surface area (Å²) < 4.78 is 0. The summed E-state index contributed by atoms with van der Waals surface area (Å²) in [6, 6.07) is 18.1. The van der Waals surface area contributed by atoms with Gasteiger partial charge in [0.15, 0.2) is 0 Å². The average molecular weight is 232 g/mol. The average Bonchev–Trinajstić information content (AvgIpc) is 2.30. The summed E-state index contributed by atoms with van der Waals surface area (Å²) in [4.78, 5) is 8.36. The zero-order chi connectivity index (χ0) is 12.7. The van der Waals surface area contributed by atoms with E-state index in [1.54, 1.807) is 0 Å². The number of rotatable bonds is 1. The molecular weight excluding hydrogens is 220 g/mol. The van der Waals surface area contributed by atoms with Crippen LogP contribution in [0, 0.1) is 10.1 Å². The Morgan fingerprint density at radius 2 is 1.47 bits per heavy atom. The highest BCUT2D eigenvalue weighted by Crippen LogP contribution is 2.24. The van der Waals surface area contributed by atoms with Crippen LogP contribution in [0.25, 0.3) is 11.1 Å². The number of hydrogen-bond donors (Lipinski definition) is 2. The SMILES string of the molecule is Nc1ccccc1-c1ccccc1.O=[N+]([O-])O. The number of para-hydroxylation sites is 1. The zero-order valence-electron chi connectivity index (χ0n) is 8.98. The molecule has 0 heterocycles. The van der Waals surface area contributed by atoms with Crippen molar-refractivity contribution >= 4 is 5.69 Å². The van der Waals surface area contributed by atoms with E-state index in [4.69, 9.17) is 21.1 Å². The lowest BCUT2D eigenvalue weighted by molar-refractivity contribution is -0.742. The predicted molar refractivity (Wildman–Crippen MR) is 65.1 cm³/mol. The molecule has 5 heteroatoms. The Kier molecular flexibility index (Phi) is 4.50. The minimum atomic E-state index is -1.50. The second-order valence-corrected chi connectivity index (χ2v) is 3.19. The molecule has 2 aromatic rings. The molecule has 2 aromatic carbocycles. The molecule has 0 radical (unpaired) electrons.